The second-order valence-electron chi connectivity index (χ2n) is 5.58. The normalized spacial score (nSPS) is 23.4. The predicted molar refractivity (Wildman–Crippen MR) is 83.0 cm³/mol. The van der Waals surface area contributed by atoms with Gasteiger partial charge in [-0.1, -0.05) is 0 Å². The highest BCUT2D eigenvalue weighted by Crippen LogP contribution is 2.25. The van der Waals surface area contributed by atoms with Gasteiger partial charge in [0.25, 0.3) is 5.91 Å². The van der Waals surface area contributed by atoms with E-state index in [-0.39, 0.29) is 5.91 Å². The van der Waals surface area contributed by atoms with Crippen molar-refractivity contribution in [1.29, 1.82) is 0 Å². The minimum Gasteiger partial charge on any atom is -0.397 e. The molecule has 0 aliphatic carbocycles. The van der Waals surface area contributed by atoms with E-state index in [4.69, 9.17) is 5.73 Å². The van der Waals surface area contributed by atoms with Crippen LogP contribution in [0.25, 0.3) is 0 Å². The zero-order valence-electron chi connectivity index (χ0n) is 12.4. The van der Waals surface area contributed by atoms with Crippen molar-refractivity contribution in [1.82, 2.24) is 10.2 Å². The first-order valence-corrected chi connectivity index (χ1v) is 7.09. The average molecular weight is 276 g/mol. The van der Waals surface area contributed by atoms with Crippen molar-refractivity contribution in [2.45, 2.75) is 31.8 Å². The number of anilines is 2. The van der Waals surface area contributed by atoms with Crippen LogP contribution in [0.2, 0.25) is 0 Å². The van der Waals surface area contributed by atoms with Crippen LogP contribution >= 0.6 is 0 Å². The van der Waals surface area contributed by atoms with Crippen LogP contribution in [0.3, 0.4) is 0 Å². The third kappa shape index (κ3) is 3.22. The number of carbonyl (C=O) groups excluding carboxylic acids is 1. The minimum atomic E-state index is -0.115. The minimum absolute atomic E-state index is 0.115. The lowest BCUT2D eigenvalue weighted by Gasteiger charge is -2.36. The lowest BCUT2D eigenvalue weighted by molar-refractivity contribution is 0.0963. The standard InChI is InChI=1S/C15H24N4O/c1-10-8-12(6-7-19(10)3)18-14-5-4-11(9-13(14)16)15(20)17-2/h4-5,9-10,12,18H,6-8,16H2,1-3H3,(H,17,20). The molecule has 1 fully saturated rings. The molecule has 1 aromatic rings. The van der Waals surface area contributed by atoms with Crippen molar-refractivity contribution in [2.24, 2.45) is 0 Å². The molecule has 110 valence electrons. The Morgan fingerprint density at radius 1 is 1.45 bits per heavy atom. The fourth-order valence-corrected chi connectivity index (χ4v) is 2.62. The molecule has 1 heterocycles. The topological polar surface area (TPSA) is 70.4 Å². The highest BCUT2D eigenvalue weighted by atomic mass is 16.1. The fourth-order valence-electron chi connectivity index (χ4n) is 2.62. The van der Waals surface area contributed by atoms with Gasteiger partial charge in [-0.3, -0.25) is 4.79 Å². The first kappa shape index (κ1) is 14.7. The van der Waals surface area contributed by atoms with Gasteiger partial charge in [0.15, 0.2) is 0 Å². The largest absolute Gasteiger partial charge is 0.397 e. The van der Waals surface area contributed by atoms with Crippen molar-refractivity contribution >= 4 is 17.3 Å². The number of nitrogen functional groups attached to an aromatic ring is 1. The SMILES string of the molecule is CNC(=O)c1ccc(NC2CCN(C)C(C)C2)c(N)c1. The third-order valence-corrected chi connectivity index (χ3v) is 4.11. The van der Waals surface area contributed by atoms with Gasteiger partial charge < -0.3 is 21.3 Å². The molecule has 2 unspecified atom stereocenters. The van der Waals surface area contributed by atoms with E-state index in [1.165, 1.54) is 0 Å². The Balaban J connectivity index is 2.05. The van der Waals surface area contributed by atoms with Crippen molar-refractivity contribution in [2.75, 3.05) is 31.7 Å². The Morgan fingerprint density at radius 2 is 2.20 bits per heavy atom. The van der Waals surface area contributed by atoms with Crippen molar-refractivity contribution < 1.29 is 4.79 Å². The van der Waals surface area contributed by atoms with Gasteiger partial charge in [-0.2, -0.15) is 0 Å². The molecular weight excluding hydrogens is 252 g/mol. The van der Waals surface area contributed by atoms with E-state index >= 15 is 0 Å². The second-order valence-corrected chi connectivity index (χ2v) is 5.58. The smallest absolute Gasteiger partial charge is 0.251 e. The van der Waals surface area contributed by atoms with Crippen LogP contribution < -0.4 is 16.4 Å². The highest BCUT2D eigenvalue weighted by Gasteiger charge is 2.23. The number of amides is 1. The summed E-state index contributed by atoms with van der Waals surface area (Å²) in [6.07, 6.45) is 2.21. The Hall–Kier alpha value is -1.75. The lowest BCUT2D eigenvalue weighted by atomic mass is 9.98. The van der Waals surface area contributed by atoms with Crippen LogP contribution in [-0.2, 0) is 0 Å². The molecule has 1 aliphatic rings. The highest BCUT2D eigenvalue weighted by molar-refractivity contribution is 5.95. The molecule has 1 amide bonds. The number of nitrogens with zero attached hydrogens (tertiary/aromatic N) is 1. The zero-order chi connectivity index (χ0) is 14.7. The first-order chi connectivity index (χ1) is 9.51. The van der Waals surface area contributed by atoms with Gasteiger partial charge >= 0.3 is 0 Å². The number of hydrogen-bond acceptors (Lipinski definition) is 4. The van der Waals surface area contributed by atoms with E-state index in [9.17, 15) is 4.79 Å². The summed E-state index contributed by atoms with van der Waals surface area (Å²) in [6, 6.07) is 6.43. The number of nitrogens with two attached hydrogens (primary N) is 1. The van der Waals surface area contributed by atoms with Gasteiger partial charge in [-0.15, -0.1) is 0 Å². The summed E-state index contributed by atoms with van der Waals surface area (Å²) in [4.78, 5) is 13.9. The predicted octanol–water partition coefficient (Wildman–Crippen LogP) is 1.52. The second kappa shape index (κ2) is 6.13. The van der Waals surface area contributed by atoms with Crippen molar-refractivity contribution in [3.8, 4) is 0 Å². The number of hydrogen-bond donors (Lipinski definition) is 3. The zero-order valence-corrected chi connectivity index (χ0v) is 12.4. The molecule has 0 saturated carbocycles. The number of rotatable bonds is 3. The maximum atomic E-state index is 11.6. The summed E-state index contributed by atoms with van der Waals surface area (Å²) < 4.78 is 0. The molecule has 0 radical (unpaired) electrons. The molecule has 20 heavy (non-hydrogen) atoms. The Labute approximate surface area is 120 Å². The summed E-state index contributed by atoms with van der Waals surface area (Å²) >= 11 is 0. The first-order valence-electron chi connectivity index (χ1n) is 7.09. The van der Waals surface area contributed by atoms with Crippen LogP contribution in [0.1, 0.15) is 30.1 Å². The molecule has 4 N–H and O–H groups in total. The number of carbonyl (C=O) groups is 1. The quantitative estimate of drug-likeness (QED) is 0.732. The van der Waals surface area contributed by atoms with Gasteiger partial charge in [0.05, 0.1) is 11.4 Å². The molecule has 2 rings (SSSR count). The molecular formula is C15H24N4O. The maximum Gasteiger partial charge on any atom is 0.251 e. The van der Waals surface area contributed by atoms with Crippen LogP contribution in [-0.4, -0.2) is 43.5 Å². The molecule has 1 aromatic carbocycles. The number of likely N-dealkylation sites (tertiary alicyclic amines) is 1. The summed E-state index contributed by atoms with van der Waals surface area (Å²) in [7, 11) is 3.78. The summed E-state index contributed by atoms with van der Waals surface area (Å²) in [5.41, 5.74) is 8.17. The van der Waals surface area contributed by atoms with Gasteiger partial charge in [-0.25, -0.2) is 0 Å². The summed E-state index contributed by atoms with van der Waals surface area (Å²) in [5, 5.41) is 6.10. The van der Waals surface area contributed by atoms with E-state index in [2.05, 4.69) is 29.5 Å². The lowest BCUT2D eigenvalue weighted by Crippen LogP contribution is -2.42. The van der Waals surface area contributed by atoms with E-state index < -0.39 is 0 Å². The molecule has 0 aromatic heterocycles. The van der Waals surface area contributed by atoms with E-state index in [0.29, 0.717) is 23.3 Å². The van der Waals surface area contributed by atoms with Crippen molar-refractivity contribution in [3.05, 3.63) is 23.8 Å². The Bertz CT molecular complexity index is 489. The van der Waals surface area contributed by atoms with E-state index in [0.717, 1.165) is 25.1 Å². The number of nitrogens with one attached hydrogen (secondary N) is 2. The molecule has 5 heteroatoms. The molecule has 5 nitrogen and oxygen atoms in total. The number of benzene rings is 1. The maximum absolute atomic E-state index is 11.6. The summed E-state index contributed by atoms with van der Waals surface area (Å²) in [6.45, 7) is 3.33. The molecule has 2 atom stereocenters. The van der Waals surface area contributed by atoms with Gasteiger partial charge in [0, 0.05) is 31.2 Å². The van der Waals surface area contributed by atoms with E-state index in [1.807, 2.05) is 6.07 Å². The van der Waals surface area contributed by atoms with Crippen molar-refractivity contribution in [3.63, 3.8) is 0 Å². The molecule has 0 spiro atoms. The Kier molecular flexibility index (Phi) is 4.49. The van der Waals surface area contributed by atoms with Gasteiger partial charge in [0.1, 0.15) is 0 Å². The van der Waals surface area contributed by atoms with Gasteiger partial charge in [-0.05, 0) is 45.0 Å². The number of piperidine rings is 1. The van der Waals surface area contributed by atoms with Crippen LogP contribution in [0.5, 0.6) is 0 Å². The molecule has 0 bridgehead atoms. The average Bonchev–Trinajstić information content (AvgIpc) is 2.44. The van der Waals surface area contributed by atoms with Gasteiger partial charge in [0.2, 0.25) is 0 Å². The summed E-state index contributed by atoms with van der Waals surface area (Å²) in [5.74, 6) is -0.115. The molecule has 1 aliphatic heterocycles. The van der Waals surface area contributed by atoms with Crippen LogP contribution in [0.4, 0.5) is 11.4 Å². The van der Waals surface area contributed by atoms with E-state index in [1.54, 1.807) is 19.2 Å². The third-order valence-electron chi connectivity index (χ3n) is 4.11. The molecule has 1 saturated heterocycles. The van der Waals surface area contributed by atoms with Crippen LogP contribution in [0, 0.1) is 0 Å². The Morgan fingerprint density at radius 3 is 2.80 bits per heavy atom. The van der Waals surface area contributed by atoms with Crippen LogP contribution in [0.15, 0.2) is 18.2 Å². The fraction of sp³-hybridized carbons (Fsp3) is 0.533. The monoisotopic (exact) mass is 276 g/mol.